The summed E-state index contributed by atoms with van der Waals surface area (Å²) in [6, 6.07) is 0.285. The fraction of sp³-hybridized carbons (Fsp3) is 1.00. The lowest BCUT2D eigenvalue weighted by Gasteiger charge is -2.23. The number of rotatable bonds is 6. The number of hydrogen-bond acceptors (Lipinski definition) is 2. The minimum atomic E-state index is -2.83. The second-order valence-corrected chi connectivity index (χ2v) is 5.41. The van der Waals surface area contributed by atoms with Crippen molar-refractivity contribution in [2.24, 2.45) is 0 Å². The standard InChI is InChI=1S/C8H21N2O2P/c1-6-12-13(11,9-7(2)3)10-8(4)5/h7-8H,6H2,1-5H3,(H2,9,10,11). The number of hydrogen-bond donors (Lipinski definition) is 2. The molecule has 0 atom stereocenters. The molecule has 0 rings (SSSR count). The van der Waals surface area contributed by atoms with Gasteiger partial charge in [-0.05, 0) is 34.6 Å². The molecule has 5 heteroatoms. The molecule has 0 spiro atoms. The summed E-state index contributed by atoms with van der Waals surface area (Å²) < 4.78 is 17.2. The maximum absolute atomic E-state index is 12.0. The maximum atomic E-state index is 12.0. The average molecular weight is 208 g/mol. The molecular weight excluding hydrogens is 187 g/mol. The van der Waals surface area contributed by atoms with Gasteiger partial charge in [-0.2, -0.15) is 0 Å². The third-order valence-corrected chi connectivity index (χ3v) is 3.50. The smallest absolute Gasteiger partial charge is 0.306 e. The van der Waals surface area contributed by atoms with Crippen LogP contribution in [0.1, 0.15) is 34.6 Å². The van der Waals surface area contributed by atoms with E-state index >= 15 is 0 Å². The van der Waals surface area contributed by atoms with Crippen LogP contribution in [0.25, 0.3) is 0 Å². The Morgan fingerprint density at radius 2 is 1.54 bits per heavy atom. The third kappa shape index (κ3) is 6.22. The molecule has 0 fully saturated rings. The van der Waals surface area contributed by atoms with Crippen molar-refractivity contribution >= 4 is 7.67 Å². The fourth-order valence-electron chi connectivity index (χ4n) is 0.973. The van der Waals surface area contributed by atoms with Gasteiger partial charge in [0.25, 0.3) is 0 Å². The van der Waals surface area contributed by atoms with Crippen LogP contribution in [0.2, 0.25) is 0 Å². The first-order valence-corrected chi connectivity index (χ1v) is 6.32. The molecule has 0 radical (unpaired) electrons. The van der Waals surface area contributed by atoms with Crippen LogP contribution in [0, 0.1) is 0 Å². The normalized spacial score (nSPS) is 12.8. The molecule has 0 bridgehead atoms. The predicted octanol–water partition coefficient (Wildman–Crippen LogP) is 2.13. The predicted molar refractivity (Wildman–Crippen MR) is 55.8 cm³/mol. The molecule has 0 aliphatic carbocycles. The van der Waals surface area contributed by atoms with Crippen LogP contribution in [0.15, 0.2) is 0 Å². The zero-order valence-electron chi connectivity index (χ0n) is 9.13. The summed E-state index contributed by atoms with van der Waals surface area (Å²) >= 11 is 0. The molecule has 4 nitrogen and oxygen atoms in total. The average Bonchev–Trinajstić information content (AvgIpc) is 1.81. The Labute approximate surface area is 81.0 Å². The Balaban J connectivity index is 4.25. The van der Waals surface area contributed by atoms with Crippen molar-refractivity contribution < 1.29 is 9.09 Å². The van der Waals surface area contributed by atoms with E-state index in [1.807, 2.05) is 34.6 Å². The summed E-state index contributed by atoms with van der Waals surface area (Å²) in [6.07, 6.45) is 0. The maximum Gasteiger partial charge on any atom is 0.341 e. The van der Waals surface area contributed by atoms with Crippen LogP contribution >= 0.6 is 7.67 Å². The fourth-order valence-corrected chi connectivity index (χ4v) is 2.92. The van der Waals surface area contributed by atoms with Gasteiger partial charge in [0.1, 0.15) is 0 Å². The second kappa shape index (κ2) is 5.76. The molecule has 0 amide bonds. The third-order valence-electron chi connectivity index (χ3n) is 1.17. The van der Waals surface area contributed by atoms with Gasteiger partial charge in [0, 0.05) is 12.1 Å². The summed E-state index contributed by atoms with van der Waals surface area (Å²) in [5.41, 5.74) is 0. The zero-order chi connectivity index (χ0) is 10.5. The molecule has 0 saturated heterocycles. The van der Waals surface area contributed by atoms with Crippen LogP contribution in [0.3, 0.4) is 0 Å². The molecule has 0 unspecified atom stereocenters. The van der Waals surface area contributed by atoms with Crippen LogP contribution in [-0.2, 0) is 9.09 Å². The quantitative estimate of drug-likeness (QED) is 0.656. The van der Waals surface area contributed by atoms with Crippen molar-refractivity contribution in [3.05, 3.63) is 0 Å². The van der Waals surface area contributed by atoms with Gasteiger partial charge in [0.05, 0.1) is 6.61 Å². The molecule has 0 saturated carbocycles. The lowest BCUT2D eigenvalue weighted by atomic mass is 10.4. The Kier molecular flexibility index (Phi) is 5.81. The molecule has 0 aromatic carbocycles. The lowest BCUT2D eigenvalue weighted by molar-refractivity contribution is 0.309. The molecule has 0 aliphatic heterocycles. The van der Waals surface area contributed by atoms with Crippen molar-refractivity contribution in [1.29, 1.82) is 0 Å². The van der Waals surface area contributed by atoms with Crippen molar-refractivity contribution in [2.75, 3.05) is 6.61 Å². The SMILES string of the molecule is CCOP(=O)(NC(C)C)NC(C)C. The molecule has 80 valence electrons. The van der Waals surface area contributed by atoms with Crippen molar-refractivity contribution in [3.8, 4) is 0 Å². The zero-order valence-corrected chi connectivity index (χ0v) is 10.0. The Morgan fingerprint density at radius 1 is 1.15 bits per heavy atom. The first-order chi connectivity index (χ1) is 5.89. The second-order valence-electron chi connectivity index (χ2n) is 3.54. The molecule has 0 aromatic heterocycles. The van der Waals surface area contributed by atoms with E-state index in [1.54, 1.807) is 0 Å². The molecule has 13 heavy (non-hydrogen) atoms. The highest BCUT2D eigenvalue weighted by molar-refractivity contribution is 7.54. The van der Waals surface area contributed by atoms with Gasteiger partial charge in [-0.25, -0.2) is 10.2 Å². The minimum Gasteiger partial charge on any atom is -0.306 e. The van der Waals surface area contributed by atoms with Gasteiger partial charge >= 0.3 is 7.67 Å². The van der Waals surface area contributed by atoms with E-state index in [4.69, 9.17) is 4.52 Å². The molecule has 0 heterocycles. The van der Waals surface area contributed by atoms with Gasteiger partial charge in [0.2, 0.25) is 0 Å². The van der Waals surface area contributed by atoms with Crippen molar-refractivity contribution in [2.45, 2.75) is 46.7 Å². The van der Waals surface area contributed by atoms with E-state index in [9.17, 15) is 4.57 Å². The van der Waals surface area contributed by atoms with Gasteiger partial charge in [-0.15, -0.1) is 0 Å². The Bertz CT molecular complexity index is 169. The highest BCUT2D eigenvalue weighted by Crippen LogP contribution is 2.38. The van der Waals surface area contributed by atoms with E-state index in [1.165, 1.54) is 0 Å². The van der Waals surface area contributed by atoms with Crippen LogP contribution in [0.5, 0.6) is 0 Å². The molecule has 2 N–H and O–H groups in total. The van der Waals surface area contributed by atoms with E-state index < -0.39 is 7.67 Å². The first kappa shape index (κ1) is 13.1. The monoisotopic (exact) mass is 208 g/mol. The highest BCUT2D eigenvalue weighted by atomic mass is 31.2. The Hall–Kier alpha value is 0.110. The van der Waals surface area contributed by atoms with Gasteiger partial charge < -0.3 is 4.52 Å². The molecular formula is C8H21N2O2P. The van der Waals surface area contributed by atoms with Crippen LogP contribution in [-0.4, -0.2) is 18.7 Å². The van der Waals surface area contributed by atoms with Gasteiger partial charge in [-0.1, -0.05) is 0 Å². The van der Waals surface area contributed by atoms with Crippen LogP contribution in [0.4, 0.5) is 0 Å². The van der Waals surface area contributed by atoms with Gasteiger partial charge in [0.15, 0.2) is 0 Å². The first-order valence-electron chi connectivity index (χ1n) is 4.69. The molecule has 0 aromatic rings. The van der Waals surface area contributed by atoms with Crippen molar-refractivity contribution in [3.63, 3.8) is 0 Å². The highest BCUT2D eigenvalue weighted by Gasteiger charge is 2.23. The van der Waals surface area contributed by atoms with E-state index in [0.29, 0.717) is 6.61 Å². The largest absolute Gasteiger partial charge is 0.341 e. The minimum absolute atomic E-state index is 0.142. The van der Waals surface area contributed by atoms with Gasteiger partial charge in [-0.3, -0.25) is 4.57 Å². The van der Waals surface area contributed by atoms with E-state index in [0.717, 1.165) is 0 Å². The summed E-state index contributed by atoms with van der Waals surface area (Å²) in [7, 11) is -2.83. The summed E-state index contributed by atoms with van der Waals surface area (Å²) in [4.78, 5) is 0. The molecule has 0 aliphatic rings. The van der Waals surface area contributed by atoms with Crippen molar-refractivity contribution in [1.82, 2.24) is 10.2 Å². The van der Waals surface area contributed by atoms with E-state index in [-0.39, 0.29) is 12.1 Å². The number of nitrogens with one attached hydrogen (secondary N) is 2. The van der Waals surface area contributed by atoms with E-state index in [2.05, 4.69) is 10.2 Å². The Morgan fingerprint density at radius 3 is 1.77 bits per heavy atom. The topological polar surface area (TPSA) is 50.4 Å². The van der Waals surface area contributed by atoms with Crippen LogP contribution < -0.4 is 10.2 Å². The lowest BCUT2D eigenvalue weighted by Crippen LogP contribution is -2.32. The summed E-state index contributed by atoms with van der Waals surface area (Å²) in [6.45, 7) is 10.0. The summed E-state index contributed by atoms with van der Waals surface area (Å²) in [5.74, 6) is 0. The summed E-state index contributed by atoms with van der Waals surface area (Å²) in [5, 5.41) is 5.82.